The first kappa shape index (κ1) is 5.06. The molecule has 2 nitrogen and oxygen atoms in total. The third-order valence-electron chi connectivity index (χ3n) is 1.27. The molecule has 0 aliphatic carbocycles. The minimum atomic E-state index is 0.778. The quantitative estimate of drug-likeness (QED) is 0.368. The van der Waals surface area contributed by atoms with Gasteiger partial charge in [-0.2, -0.15) is 0 Å². The molecule has 42 valence electrons. The maximum Gasteiger partial charge on any atom is 0.199 e. The van der Waals surface area contributed by atoms with Crippen molar-refractivity contribution < 1.29 is 5.43 Å². The molecule has 3 N–H and O–H groups in total. The molecule has 0 spiro atoms. The molecule has 7 heavy (non-hydrogen) atoms. The lowest BCUT2D eigenvalue weighted by molar-refractivity contribution is -0.528. The van der Waals surface area contributed by atoms with Crippen LogP contribution in [0.15, 0.2) is 0 Å². The molecule has 1 aliphatic heterocycles. The SMILES string of the molecule is CCCCC1N[NH2+]1. The second kappa shape index (κ2) is 2.28. The average molecular weight is 101 g/mol. The molecule has 2 heteroatoms. The molecule has 0 bridgehead atoms. The molecule has 0 radical (unpaired) electrons. The van der Waals surface area contributed by atoms with Gasteiger partial charge in [0.1, 0.15) is 0 Å². The van der Waals surface area contributed by atoms with E-state index in [0.29, 0.717) is 0 Å². The average Bonchev–Trinajstić information content (AvgIpc) is 2.42. The van der Waals surface area contributed by atoms with Crippen molar-refractivity contribution in [3.05, 3.63) is 0 Å². The molecule has 1 aliphatic rings. The first-order valence-corrected chi connectivity index (χ1v) is 3.03. The van der Waals surface area contributed by atoms with Gasteiger partial charge in [0, 0.05) is 6.42 Å². The Hall–Kier alpha value is -0.0800. The number of unbranched alkanes of at least 4 members (excludes halogenated alkanes) is 1. The van der Waals surface area contributed by atoms with Crippen molar-refractivity contribution >= 4 is 0 Å². The van der Waals surface area contributed by atoms with Crippen molar-refractivity contribution in [2.24, 2.45) is 0 Å². The molecule has 1 rings (SSSR count). The van der Waals surface area contributed by atoms with Crippen LogP contribution in [0.2, 0.25) is 0 Å². The van der Waals surface area contributed by atoms with Gasteiger partial charge in [0.2, 0.25) is 0 Å². The minimum Gasteiger partial charge on any atom is -0.245 e. The van der Waals surface area contributed by atoms with Gasteiger partial charge in [-0.25, -0.2) is 5.43 Å². The van der Waals surface area contributed by atoms with Crippen molar-refractivity contribution in [1.82, 2.24) is 5.43 Å². The number of rotatable bonds is 3. The maximum atomic E-state index is 3.14. The highest BCUT2D eigenvalue weighted by Gasteiger charge is 2.23. The second-order valence-electron chi connectivity index (χ2n) is 2.08. The van der Waals surface area contributed by atoms with Gasteiger partial charge >= 0.3 is 0 Å². The standard InChI is InChI=1S/C5H12N2/c1-2-3-4-5-6-7-5/h5-7H,2-4H2,1H3/p+1. The Bertz CT molecular complexity index is 50.0. The van der Waals surface area contributed by atoms with E-state index in [-0.39, 0.29) is 0 Å². The van der Waals surface area contributed by atoms with Crippen LogP contribution in [0.25, 0.3) is 0 Å². The van der Waals surface area contributed by atoms with Crippen LogP contribution in [-0.2, 0) is 0 Å². The fraction of sp³-hybridized carbons (Fsp3) is 1.00. The van der Waals surface area contributed by atoms with Crippen molar-refractivity contribution in [2.75, 3.05) is 0 Å². The van der Waals surface area contributed by atoms with Crippen LogP contribution in [0, 0.1) is 0 Å². The number of hydrogen-bond acceptors (Lipinski definition) is 1. The van der Waals surface area contributed by atoms with Gasteiger partial charge < -0.3 is 0 Å². The molecule has 0 saturated carbocycles. The molecular weight excluding hydrogens is 88.1 g/mol. The van der Waals surface area contributed by atoms with Crippen molar-refractivity contribution in [3.63, 3.8) is 0 Å². The molecule has 1 unspecified atom stereocenters. The number of quaternary nitrogens is 1. The van der Waals surface area contributed by atoms with Crippen molar-refractivity contribution in [1.29, 1.82) is 0 Å². The van der Waals surface area contributed by atoms with E-state index in [2.05, 4.69) is 17.8 Å². The predicted octanol–water partition coefficient (Wildman–Crippen LogP) is -0.416. The van der Waals surface area contributed by atoms with E-state index in [9.17, 15) is 0 Å². The summed E-state index contributed by atoms with van der Waals surface area (Å²) in [5.74, 6) is 0. The van der Waals surface area contributed by atoms with E-state index in [4.69, 9.17) is 0 Å². The van der Waals surface area contributed by atoms with Gasteiger partial charge in [0.25, 0.3) is 0 Å². The van der Waals surface area contributed by atoms with Gasteiger partial charge in [-0.1, -0.05) is 13.3 Å². The zero-order valence-electron chi connectivity index (χ0n) is 4.78. The van der Waals surface area contributed by atoms with Gasteiger partial charge in [-0.3, -0.25) is 0 Å². The normalized spacial score (nSPS) is 27.9. The van der Waals surface area contributed by atoms with Crippen LogP contribution in [0.1, 0.15) is 26.2 Å². The van der Waals surface area contributed by atoms with Crippen LogP contribution < -0.4 is 10.9 Å². The number of hydrogen-bond donors (Lipinski definition) is 2. The summed E-state index contributed by atoms with van der Waals surface area (Å²) in [7, 11) is 0. The Morgan fingerprint density at radius 1 is 1.71 bits per heavy atom. The zero-order chi connectivity index (χ0) is 5.11. The fourth-order valence-electron chi connectivity index (χ4n) is 0.659. The summed E-state index contributed by atoms with van der Waals surface area (Å²) in [5.41, 5.74) is 5.29. The Morgan fingerprint density at radius 2 is 2.43 bits per heavy atom. The Kier molecular flexibility index (Phi) is 1.65. The monoisotopic (exact) mass is 101 g/mol. The summed E-state index contributed by atoms with van der Waals surface area (Å²) in [6.45, 7) is 2.22. The topological polar surface area (TPSA) is 38.5 Å². The molecule has 1 atom stereocenters. The van der Waals surface area contributed by atoms with Crippen LogP contribution in [0.5, 0.6) is 0 Å². The summed E-state index contributed by atoms with van der Waals surface area (Å²) >= 11 is 0. The van der Waals surface area contributed by atoms with Crippen LogP contribution in [-0.4, -0.2) is 6.17 Å². The fourth-order valence-corrected chi connectivity index (χ4v) is 0.659. The van der Waals surface area contributed by atoms with Crippen LogP contribution >= 0.6 is 0 Å². The second-order valence-corrected chi connectivity index (χ2v) is 2.08. The highest BCUT2D eigenvalue weighted by Crippen LogP contribution is 1.95. The summed E-state index contributed by atoms with van der Waals surface area (Å²) in [4.78, 5) is 0. The molecule has 0 aromatic heterocycles. The van der Waals surface area contributed by atoms with Gasteiger partial charge in [0.05, 0.1) is 0 Å². The van der Waals surface area contributed by atoms with E-state index >= 15 is 0 Å². The number of nitrogens with one attached hydrogen (secondary N) is 1. The smallest absolute Gasteiger partial charge is 0.199 e. The van der Waals surface area contributed by atoms with Gasteiger partial charge in [-0.15, -0.1) is 5.43 Å². The molecule has 0 amide bonds. The predicted molar refractivity (Wildman–Crippen MR) is 28.4 cm³/mol. The van der Waals surface area contributed by atoms with E-state index in [1.165, 1.54) is 19.3 Å². The molecule has 1 heterocycles. The summed E-state index contributed by atoms with van der Waals surface area (Å²) in [5, 5.41) is 0. The number of nitrogens with two attached hydrogens (primary N) is 1. The third-order valence-corrected chi connectivity index (χ3v) is 1.27. The van der Waals surface area contributed by atoms with Crippen molar-refractivity contribution in [2.45, 2.75) is 32.4 Å². The zero-order valence-corrected chi connectivity index (χ0v) is 4.78. The Morgan fingerprint density at radius 3 is 2.86 bits per heavy atom. The lowest BCUT2D eigenvalue weighted by atomic mass is 10.2. The maximum absolute atomic E-state index is 3.14. The Labute approximate surface area is 44.3 Å². The van der Waals surface area contributed by atoms with E-state index < -0.39 is 0 Å². The molecule has 1 fully saturated rings. The highest BCUT2D eigenvalue weighted by atomic mass is 15.6. The minimum absolute atomic E-state index is 0.778. The molecular formula is C5H13N2+. The van der Waals surface area contributed by atoms with Crippen LogP contribution in [0.3, 0.4) is 0 Å². The summed E-state index contributed by atoms with van der Waals surface area (Å²) in [6, 6.07) is 0. The lowest BCUT2D eigenvalue weighted by Gasteiger charge is -1.82. The molecule has 0 aromatic rings. The first-order chi connectivity index (χ1) is 3.43. The first-order valence-electron chi connectivity index (χ1n) is 3.03. The third kappa shape index (κ3) is 1.90. The van der Waals surface area contributed by atoms with Crippen molar-refractivity contribution in [3.8, 4) is 0 Å². The highest BCUT2D eigenvalue weighted by molar-refractivity contribution is 4.49. The summed E-state index contributed by atoms with van der Waals surface area (Å²) < 4.78 is 0. The Balaban J connectivity index is 1.80. The molecule has 1 saturated heterocycles. The largest absolute Gasteiger partial charge is 0.245 e. The van der Waals surface area contributed by atoms with Gasteiger partial charge in [0.15, 0.2) is 6.17 Å². The van der Waals surface area contributed by atoms with E-state index in [1.54, 1.807) is 0 Å². The lowest BCUT2D eigenvalue weighted by Crippen LogP contribution is -2.63. The van der Waals surface area contributed by atoms with Gasteiger partial charge in [-0.05, 0) is 6.42 Å². The summed E-state index contributed by atoms with van der Waals surface area (Å²) in [6.07, 6.45) is 4.82. The molecule has 0 aromatic carbocycles. The van der Waals surface area contributed by atoms with Crippen LogP contribution in [0.4, 0.5) is 0 Å². The van der Waals surface area contributed by atoms with E-state index in [0.717, 1.165) is 6.17 Å². The van der Waals surface area contributed by atoms with E-state index in [1.807, 2.05) is 0 Å².